The minimum Gasteiger partial charge on any atom is -0.481 e. The second-order valence-electron chi connectivity index (χ2n) is 4.72. The Kier molecular flexibility index (Phi) is 4.37. The van der Waals surface area contributed by atoms with Crippen molar-refractivity contribution >= 4 is 33.5 Å². The third-order valence-corrected chi connectivity index (χ3v) is 4.05. The van der Waals surface area contributed by atoms with Gasteiger partial charge in [0.1, 0.15) is 11.6 Å². The minimum absolute atomic E-state index is 0.0235. The van der Waals surface area contributed by atoms with E-state index in [0.717, 1.165) is 6.07 Å². The van der Waals surface area contributed by atoms with Gasteiger partial charge in [-0.25, -0.2) is 8.78 Å². The van der Waals surface area contributed by atoms with Crippen molar-refractivity contribution in [3.63, 3.8) is 0 Å². The summed E-state index contributed by atoms with van der Waals surface area (Å²) in [5, 5.41) is 11.4. The second kappa shape index (κ2) is 5.87. The van der Waals surface area contributed by atoms with Gasteiger partial charge in [-0.2, -0.15) is 0 Å². The van der Waals surface area contributed by atoms with Gasteiger partial charge in [0.05, 0.1) is 22.0 Å². The van der Waals surface area contributed by atoms with E-state index in [1.165, 1.54) is 0 Å². The van der Waals surface area contributed by atoms with E-state index in [0.29, 0.717) is 25.3 Å². The number of rotatable bonds is 3. The highest BCUT2D eigenvalue weighted by Gasteiger charge is 2.37. The average molecular weight is 348 g/mol. The molecule has 0 bridgehead atoms. The van der Waals surface area contributed by atoms with Crippen LogP contribution in [0.15, 0.2) is 16.6 Å². The van der Waals surface area contributed by atoms with Crippen LogP contribution in [-0.4, -0.2) is 17.0 Å². The van der Waals surface area contributed by atoms with Crippen LogP contribution in [0.2, 0.25) is 0 Å². The van der Waals surface area contributed by atoms with E-state index in [9.17, 15) is 18.4 Å². The van der Waals surface area contributed by atoms with Gasteiger partial charge in [-0.3, -0.25) is 9.59 Å². The highest BCUT2D eigenvalue weighted by Crippen LogP contribution is 2.33. The quantitative estimate of drug-likeness (QED) is 0.825. The average Bonchev–Trinajstić information content (AvgIpc) is 2.85. The molecule has 0 unspecified atom stereocenters. The second-order valence-corrected chi connectivity index (χ2v) is 5.57. The van der Waals surface area contributed by atoms with Crippen LogP contribution in [0.4, 0.5) is 14.5 Å². The van der Waals surface area contributed by atoms with Gasteiger partial charge in [-0.1, -0.05) is 6.42 Å². The molecule has 1 aliphatic carbocycles. The first-order chi connectivity index (χ1) is 9.40. The van der Waals surface area contributed by atoms with Crippen LogP contribution in [0.1, 0.15) is 19.3 Å². The number of carbonyl (C=O) groups is 2. The number of anilines is 1. The van der Waals surface area contributed by atoms with Crippen LogP contribution >= 0.6 is 15.9 Å². The molecule has 1 saturated carbocycles. The van der Waals surface area contributed by atoms with E-state index >= 15 is 0 Å². The first-order valence-corrected chi connectivity index (χ1v) is 6.87. The summed E-state index contributed by atoms with van der Waals surface area (Å²) in [5.74, 6) is -4.68. The number of nitrogens with one attached hydrogen (secondary N) is 1. The van der Waals surface area contributed by atoms with Crippen LogP contribution in [0.5, 0.6) is 0 Å². The molecule has 1 aromatic carbocycles. The highest BCUT2D eigenvalue weighted by atomic mass is 79.9. The normalized spacial score (nSPS) is 21.8. The zero-order chi connectivity index (χ0) is 14.9. The summed E-state index contributed by atoms with van der Waals surface area (Å²) in [4.78, 5) is 23.1. The molecule has 0 spiro atoms. The molecule has 108 valence electrons. The molecule has 2 rings (SSSR count). The summed E-state index contributed by atoms with van der Waals surface area (Å²) in [5.41, 5.74) is -0.167. The van der Waals surface area contributed by atoms with Crippen molar-refractivity contribution in [1.29, 1.82) is 0 Å². The van der Waals surface area contributed by atoms with Gasteiger partial charge in [0, 0.05) is 6.07 Å². The van der Waals surface area contributed by atoms with Gasteiger partial charge in [0.15, 0.2) is 0 Å². The lowest BCUT2D eigenvalue weighted by molar-refractivity contribution is -0.145. The predicted molar refractivity (Wildman–Crippen MR) is 71.2 cm³/mol. The third-order valence-electron chi connectivity index (χ3n) is 3.44. The number of halogens is 3. The molecular formula is C13H12BrF2NO3. The molecule has 0 heterocycles. The fourth-order valence-corrected chi connectivity index (χ4v) is 2.76. The van der Waals surface area contributed by atoms with Crippen LogP contribution in [0, 0.1) is 23.5 Å². The molecule has 2 atom stereocenters. The number of hydrogen-bond acceptors (Lipinski definition) is 2. The van der Waals surface area contributed by atoms with Crippen molar-refractivity contribution in [3.05, 3.63) is 28.2 Å². The summed E-state index contributed by atoms with van der Waals surface area (Å²) in [6.45, 7) is 0. The van der Waals surface area contributed by atoms with E-state index < -0.39 is 35.3 Å². The summed E-state index contributed by atoms with van der Waals surface area (Å²) < 4.78 is 26.7. The smallest absolute Gasteiger partial charge is 0.307 e. The number of aliphatic carboxylic acids is 1. The maximum absolute atomic E-state index is 13.5. The van der Waals surface area contributed by atoms with Gasteiger partial charge in [0.2, 0.25) is 5.91 Å². The van der Waals surface area contributed by atoms with Crippen molar-refractivity contribution in [2.24, 2.45) is 11.8 Å². The Morgan fingerprint density at radius 1 is 1.20 bits per heavy atom. The van der Waals surface area contributed by atoms with Crippen molar-refractivity contribution in [2.75, 3.05) is 5.32 Å². The lowest BCUT2D eigenvalue weighted by Gasteiger charge is -2.16. The summed E-state index contributed by atoms with van der Waals surface area (Å²) in [6.07, 6.45) is 1.53. The lowest BCUT2D eigenvalue weighted by Crippen LogP contribution is -2.30. The molecule has 20 heavy (non-hydrogen) atoms. The van der Waals surface area contributed by atoms with E-state index in [-0.39, 0.29) is 10.2 Å². The Labute approximate surface area is 122 Å². The molecule has 1 amide bonds. The molecule has 1 aliphatic rings. The Balaban J connectivity index is 2.16. The molecule has 0 aliphatic heterocycles. The van der Waals surface area contributed by atoms with Gasteiger partial charge >= 0.3 is 5.97 Å². The monoisotopic (exact) mass is 347 g/mol. The number of benzene rings is 1. The summed E-state index contributed by atoms with van der Waals surface area (Å²) in [7, 11) is 0. The van der Waals surface area contributed by atoms with Crippen LogP contribution in [0.3, 0.4) is 0 Å². The standard InChI is InChI=1S/C13H12BrF2NO3/c14-8-4-11(10(16)5-9(8)15)17-12(18)6-2-1-3-7(6)13(19)20/h4-7H,1-3H2,(H,17,18)(H,19,20)/t6-,7+/m1/s1. The molecule has 4 nitrogen and oxygen atoms in total. The minimum atomic E-state index is -1.02. The number of amides is 1. The fraction of sp³-hybridized carbons (Fsp3) is 0.385. The van der Waals surface area contributed by atoms with Gasteiger partial charge < -0.3 is 10.4 Å². The van der Waals surface area contributed by atoms with Gasteiger partial charge in [-0.15, -0.1) is 0 Å². The van der Waals surface area contributed by atoms with Gasteiger partial charge in [0.25, 0.3) is 0 Å². The molecule has 0 saturated heterocycles. The Morgan fingerprint density at radius 2 is 1.85 bits per heavy atom. The van der Waals surface area contributed by atoms with E-state index in [2.05, 4.69) is 21.2 Å². The first kappa shape index (κ1) is 14.9. The Morgan fingerprint density at radius 3 is 2.50 bits per heavy atom. The number of carbonyl (C=O) groups excluding carboxylic acids is 1. The maximum Gasteiger partial charge on any atom is 0.307 e. The van der Waals surface area contributed by atoms with E-state index in [1.807, 2.05) is 0 Å². The van der Waals surface area contributed by atoms with Crippen molar-refractivity contribution in [3.8, 4) is 0 Å². The van der Waals surface area contributed by atoms with E-state index in [1.54, 1.807) is 0 Å². The fourth-order valence-electron chi connectivity index (χ4n) is 2.41. The summed E-state index contributed by atoms with van der Waals surface area (Å²) in [6, 6.07) is 1.77. The topological polar surface area (TPSA) is 66.4 Å². The predicted octanol–water partition coefficient (Wildman–Crippen LogP) is 3.17. The molecule has 1 aromatic rings. The molecule has 0 aromatic heterocycles. The molecule has 0 radical (unpaired) electrons. The van der Waals surface area contributed by atoms with Crippen LogP contribution < -0.4 is 5.32 Å². The highest BCUT2D eigenvalue weighted by molar-refractivity contribution is 9.10. The molecule has 2 N–H and O–H groups in total. The molecular weight excluding hydrogens is 336 g/mol. The zero-order valence-corrected chi connectivity index (χ0v) is 11.9. The third kappa shape index (κ3) is 2.98. The number of hydrogen-bond donors (Lipinski definition) is 2. The van der Waals surface area contributed by atoms with Crippen molar-refractivity contribution in [1.82, 2.24) is 0 Å². The van der Waals surface area contributed by atoms with Crippen molar-refractivity contribution in [2.45, 2.75) is 19.3 Å². The Bertz CT molecular complexity index is 565. The summed E-state index contributed by atoms with van der Waals surface area (Å²) >= 11 is 2.90. The Hall–Kier alpha value is -1.50. The number of carboxylic acid groups (broad SMARTS) is 1. The SMILES string of the molecule is O=C(O)[C@H]1CCC[C@H]1C(=O)Nc1cc(Br)c(F)cc1F. The molecule has 7 heteroatoms. The first-order valence-electron chi connectivity index (χ1n) is 6.08. The largest absolute Gasteiger partial charge is 0.481 e. The lowest BCUT2D eigenvalue weighted by atomic mass is 9.95. The van der Waals surface area contributed by atoms with E-state index in [4.69, 9.17) is 5.11 Å². The van der Waals surface area contributed by atoms with Gasteiger partial charge in [-0.05, 0) is 34.8 Å². The van der Waals surface area contributed by atoms with Crippen LogP contribution in [-0.2, 0) is 9.59 Å². The maximum atomic E-state index is 13.5. The molecule has 1 fully saturated rings. The number of carboxylic acids is 1. The van der Waals surface area contributed by atoms with Crippen molar-refractivity contribution < 1.29 is 23.5 Å². The zero-order valence-electron chi connectivity index (χ0n) is 10.3. The van der Waals surface area contributed by atoms with Crippen LogP contribution in [0.25, 0.3) is 0 Å².